The minimum absolute atomic E-state index is 0.362. The summed E-state index contributed by atoms with van der Waals surface area (Å²) >= 11 is 0. The zero-order valence-corrected chi connectivity index (χ0v) is 11.9. The maximum atomic E-state index is 8.73. The van der Waals surface area contributed by atoms with Crippen molar-refractivity contribution >= 4 is 11.4 Å². The Hall–Kier alpha value is -1.73. The number of nitrogens with zero attached hydrogens (tertiary/aromatic N) is 2. The molecule has 0 amide bonds. The van der Waals surface area contributed by atoms with Crippen LogP contribution in [0.25, 0.3) is 0 Å². The molecule has 4 heteroatoms. The van der Waals surface area contributed by atoms with Gasteiger partial charge in [0.15, 0.2) is 0 Å². The molecule has 0 saturated carbocycles. The van der Waals surface area contributed by atoms with Crippen molar-refractivity contribution in [2.24, 2.45) is 0 Å². The van der Waals surface area contributed by atoms with E-state index in [1.807, 2.05) is 18.2 Å². The van der Waals surface area contributed by atoms with Crippen molar-refractivity contribution in [3.05, 3.63) is 23.8 Å². The number of nitrogens with two attached hydrogens (primary N) is 1. The lowest BCUT2D eigenvalue weighted by atomic mass is 10.1. The second kappa shape index (κ2) is 8.39. The van der Waals surface area contributed by atoms with E-state index in [-0.39, 0.29) is 0 Å². The smallest absolute Gasteiger partial charge is 0.0670 e. The number of rotatable bonds is 8. The summed E-state index contributed by atoms with van der Waals surface area (Å²) in [6, 6.07) is 7.93. The number of nitrogens with one attached hydrogen (secondary N) is 1. The molecule has 0 unspecified atom stereocenters. The Balaban J connectivity index is 2.41. The van der Waals surface area contributed by atoms with Crippen LogP contribution in [0.3, 0.4) is 0 Å². The highest BCUT2D eigenvalue weighted by Crippen LogP contribution is 2.18. The molecule has 0 bridgehead atoms. The molecule has 1 aromatic rings. The molecule has 0 aromatic heterocycles. The fraction of sp³-hybridized carbons (Fsp3) is 0.533. The molecule has 1 rings (SSSR count). The minimum atomic E-state index is 0.362. The SMILES string of the molecule is CCN(CC)CCCNc1ccc(N)c(CC#N)c1. The van der Waals surface area contributed by atoms with Gasteiger partial charge in [-0.05, 0) is 49.8 Å². The summed E-state index contributed by atoms with van der Waals surface area (Å²) in [4.78, 5) is 2.41. The fourth-order valence-corrected chi connectivity index (χ4v) is 2.03. The molecule has 4 nitrogen and oxygen atoms in total. The van der Waals surface area contributed by atoms with E-state index in [1.165, 1.54) is 0 Å². The summed E-state index contributed by atoms with van der Waals surface area (Å²) < 4.78 is 0. The molecule has 0 fully saturated rings. The van der Waals surface area contributed by atoms with Gasteiger partial charge >= 0.3 is 0 Å². The van der Waals surface area contributed by atoms with Gasteiger partial charge in [-0.2, -0.15) is 5.26 Å². The zero-order chi connectivity index (χ0) is 14.1. The second-order valence-corrected chi connectivity index (χ2v) is 4.56. The van der Waals surface area contributed by atoms with Gasteiger partial charge in [0.05, 0.1) is 12.5 Å². The maximum absolute atomic E-state index is 8.73. The van der Waals surface area contributed by atoms with Crippen molar-refractivity contribution in [3.8, 4) is 6.07 Å². The van der Waals surface area contributed by atoms with Gasteiger partial charge in [0, 0.05) is 17.9 Å². The number of hydrogen-bond acceptors (Lipinski definition) is 4. The van der Waals surface area contributed by atoms with Crippen molar-refractivity contribution in [2.75, 3.05) is 37.2 Å². The summed E-state index contributed by atoms with van der Waals surface area (Å²) in [6.07, 6.45) is 1.47. The molecule has 3 N–H and O–H groups in total. The van der Waals surface area contributed by atoms with Crippen molar-refractivity contribution in [3.63, 3.8) is 0 Å². The van der Waals surface area contributed by atoms with E-state index >= 15 is 0 Å². The van der Waals surface area contributed by atoms with E-state index in [4.69, 9.17) is 11.0 Å². The summed E-state index contributed by atoms with van der Waals surface area (Å²) in [5, 5.41) is 12.1. The molecule has 0 aliphatic carbocycles. The average Bonchev–Trinajstić information content (AvgIpc) is 2.42. The van der Waals surface area contributed by atoms with Crippen molar-refractivity contribution in [1.82, 2.24) is 4.90 Å². The maximum Gasteiger partial charge on any atom is 0.0670 e. The molecule has 0 aliphatic heterocycles. The zero-order valence-electron chi connectivity index (χ0n) is 11.9. The van der Waals surface area contributed by atoms with Crippen LogP contribution in [0, 0.1) is 11.3 Å². The molecule has 0 saturated heterocycles. The predicted molar refractivity (Wildman–Crippen MR) is 81.1 cm³/mol. The van der Waals surface area contributed by atoms with Crippen LogP contribution in [0.1, 0.15) is 25.8 Å². The van der Waals surface area contributed by atoms with Crippen LogP contribution in [0.5, 0.6) is 0 Å². The number of hydrogen-bond donors (Lipinski definition) is 2. The largest absolute Gasteiger partial charge is 0.398 e. The molecular weight excluding hydrogens is 236 g/mol. The predicted octanol–water partition coefficient (Wildman–Crippen LogP) is 2.48. The lowest BCUT2D eigenvalue weighted by molar-refractivity contribution is 0.303. The van der Waals surface area contributed by atoms with E-state index in [1.54, 1.807) is 0 Å². The number of nitrogen functional groups attached to an aromatic ring is 1. The summed E-state index contributed by atoms with van der Waals surface area (Å²) in [5.74, 6) is 0. The summed E-state index contributed by atoms with van der Waals surface area (Å²) in [5.41, 5.74) is 8.45. The monoisotopic (exact) mass is 260 g/mol. The minimum Gasteiger partial charge on any atom is -0.398 e. The molecule has 0 aliphatic rings. The van der Waals surface area contributed by atoms with Gasteiger partial charge in [-0.1, -0.05) is 13.8 Å². The lowest BCUT2D eigenvalue weighted by Gasteiger charge is -2.18. The average molecular weight is 260 g/mol. The van der Waals surface area contributed by atoms with Crippen LogP contribution in [0.2, 0.25) is 0 Å². The van der Waals surface area contributed by atoms with Crippen LogP contribution < -0.4 is 11.1 Å². The van der Waals surface area contributed by atoms with Gasteiger partial charge in [-0.15, -0.1) is 0 Å². The van der Waals surface area contributed by atoms with E-state index in [2.05, 4.69) is 30.1 Å². The van der Waals surface area contributed by atoms with Crippen LogP contribution in [0.15, 0.2) is 18.2 Å². The highest BCUT2D eigenvalue weighted by Gasteiger charge is 2.01. The third-order valence-electron chi connectivity index (χ3n) is 3.29. The number of nitriles is 1. The Labute approximate surface area is 116 Å². The first-order valence-electron chi connectivity index (χ1n) is 6.92. The molecule has 1 aromatic carbocycles. The number of benzene rings is 1. The summed E-state index contributed by atoms with van der Waals surface area (Å²) in [6.45, 7) is 8.62. The first-order valence-corrected chi connectivity index (χ1v) is 6.92. The van der Waals surface area contributed by atoms with Crippen molar-refractivity contribution < 1.29 is 0 Å². The molecular formula is C15H24N4. The standard InChI is InChI=1S/C15H24N4/c1-3-19(4-2)11-5-10-18-14-6-7-15(17)13(12-14)8-9-16/h6-7,12,18H,3-5,8,10-11,17H2,1-2H3. The Morgan fingerprint density at radius 2 is 2.05 bits per heavy atom. The first kappa shape index (κ1) is 15.3. The van der Waals surface area contributed by atoms with Crippen LogP contribution in [-0.4, -0.2) is 31.1 Å². The third kappa shape index (κ3) is 5.19. The third-order valence-corrected chi connectivity index (χ3v) is 3.29. The first-order chi connectivity index (χ1) is 9.21. The molecule has 0 radical (unpaired) electrons. The van der Waals surface area contributed by atoms with Gasteiger partial charge < -0.3 is 16.0 Å². The van der Waals surface area contributed by atoms with Crippen molar-refractivity contribution in [2.45, 2.75) is 26.7 Å². The van der Waals surface area contributed by atoms with E-state index in [0.29, 0.717) is 12.1 Å². The van der Waals surface area contributed by atoms with Gasteiger partial charge in [0.2, 0.25) is 0 Å². The number of anilines is 2. The topological polar surface area (TPSA) is 65.1 Å². The van der Waals surface area contributed by atoms with Crippen LogP contribution in [-0.2, 0) is 6.42 Å². The molecule has 0 spiro atoms. The van der Waals surface area contributed by atoms with Gasteiger partial charge in [-0.3, -0.25) is 0 Å². The van der Waals surface area contributed by atoms with Crippen molar-refractivity contribution in [1.29, 1.82) is 5.26 Å². The Morgan fingerprint density at radius 3 is 2.68 bits per heavy atom. The highest BCUT2D eigenvalue weighted by molar-refractivity contribution is 5.57. The van der Waals surface area contributed by atoms with E-state index in [0.717, 1.165) is 43.9 Å². The van der Waals surface area contributed by atoms with Gasteiger partial charge in [0.25, 0.3) is 0 Å². The van der Waals surface area contributed by atoms with Crippen LogP contribution >= 0.6 is 0 Å². The fourth-order valence-electron chi connectivity index (χ4n) is 2.03. The quantitative estimate of drug-likeness (QED) is 0.556. The lowest BCUT2D eigenvalue weighted by Crippen LogP contribution is -2.25. The van der Waals surface area contributed by atoms with Crippen LogP contribution in [0.4, 0.5) is 11.4 Å². The Bertz CT molecular complexity index is 419. The van der Waals surface area contributed by atoms with E-state index in [9.17, 15) is 0 Å². The van der Waals surface area contributed by atoms with E-state index < -0.39 is 0 Å². The van der Waals surface area contributed by atoms with Gasteiger partial charge in [-0.25, -0.2) is 0 Å². The molecule has 0 heterocycles. The molecule has 104 valence electrons. The molecule has 0 atom stereocenters. The Kier molecular flexibility index (Phi) is 6.76. The highest BCUT2D eigenvalue weighted by atomic mass is 15.1. The van der Waals surface area contributed by atoms with Gasteiger partial charge in [0.1, 0.15) is 0 Å². The normalized spacial score (nSPS) is 10.4. The molecule has 19 heavy (non-hydrogen) atoms. The Morgan fingerprint density at radius 1 is 1.32 bits per heavy atom. The summed E-state index contributed by atoms with van der Waals surface area (Å²) in [7, 11) is 0. The second-order valence-electron chi connectivity index (χ2n) is 4.56.